The molecule has 0 saturated carbocycles. The molecule has 118 heavy (non-hydrogen) atoms. The molecular weight excluding hydrogens is 2230 g/mol. The summed E-state index contributed by atoms with van der Waals surface area (Å²) in [6.07, 6.45) is 35.8. The third kappa shape index (κ3) is 19.8. The van der Waals surface area contributed by atoms with Gasteiger partial charge in [0.25, 0.3) is 0 Å². The van der Waals surface area contributed by atoms with Gasteiger partial charge in [0.1, 0.15) is 24.6 Å². The molecule has 0 heterocycles. The fourth-order valence-corrected chi connectivity index (χ4v) is 29.1. The summed E-state index contributed by atoms with van der Waals surface area (Å²) in [4.78, 5) is 0. The first-order valence-corrected chi connectivity index (χ1v) is 45.6. The number of benzene rings is 16. The second kappa shape index (κ2) is 43.9. The molecule has 0 nitrogen and oxygen atoms in total. The smallest absolute Gasteiger partial charge is 0.366 e. The monoisotopic (exact) mass is 2320 g/mol. The van der Waals surface area contributed by atoms with Crippen LogP contribution in [0.15, 0.2) is 437 Å². The Morgan fingerprint density at radius 2 is 0.314 bits per heavy atom. The summed E-state index contributed by atoms with van der Waals surface area (Å²) in [7, 11) is -3.13. The van der Waals surface area contributed by atoms with E-state index in [1.165, 1.54) is 67.1 Å². The quantitative estimate of drug-likeness (QED) is 0.0348. The molecule has 8 heteroatoms. The van der Waals surface area contributed by atoms with E-state index in [1.807, 2.05) is 48.5 Å². The van der Waals surface area contributed by atoms with Crippen molar-refractivity contribution in [1.29, 1.82) is 0 Å². The van der Waals surface area contributed by atoms with Crippen molar-refractivity contribution in [2.75, 3.05) is 24.6 Å². The van der Waals surface area contributed by atoms with Gasteiger partial charge in [-0.15, -0.1) is 70.8 Å². The summed E-state index contributed by atoms with van der Waals surface area (Å²) in [5, 5.41) is 12.1. The Hall–Kier alpha value is -9.56. The summed E-state index contributed by atoms with van der Waals surface area (Å²) in [5.41, 5.74) is 15.8. The molecule has 0 fully saturated rings. The molecule has 584 valence electrons. The van der Waals surface area contributed by atoms with Gasteiger partial charge < -0.3 is 25.7 Å². The zero-order valence-electron chi connectivity index (χ0n) is 64.6. The predicted molar refractivity (Wildman–Crippen MR) is 494 cm³/mol. The van der Waals surface area contributed by atoms with E-state index < -0.39 is 42.5 Å². The van der Waals surface area contributed by atoms with Crippen LogP contribution in [0.4, 0.5) is 0 Å². The molecule has 16 aromatic rings. The van der Waals surface area contributed by atoms with E-state index in [0.29, 0.717) is 0 Å². The van der Waals surface area contributed by atoms with Crippen molar-refractivity contribution in [3.63, 3.8) is 0 Å². The summed E-state index contributed by atoms with van der Waals surface area (Å²) in [6, 6.07) is 155. The molecule has 2 aliphatic rings. The Kier molecular flexibility index (Phi) is 33.2. The van der Waals surface area contributed by atoms with Crippen molar-refractivity contribution >= 4 is 74.1 Å². The first-order valence-electron chi connectivity index (χ1n) is 38.8. The van der Waals surface area contributed by atoms with E-state index in [0.717, 1.165) is 89.0 Å². The van der Waals surface area contributed by atoms with Crippen molar-refractivity contribution in [2.24, 2.45) is 0 Å². The van der Waals surface area contributed by atoms with Gasteiger partial charge in [0, 0.05) is 0 Å². The van der Waals surface area contributed by atoms with Crippen molar-refractivity contribution < 1.29 is 89.5 Å². The summed E-state index contributed by atoms with van der Waals surface area (Å²) in [5.74, 6) is 10.2. The second-order valence-electron chi connectivity index (χ2n) is 28.3. The van der Waals surface area contributed by atoms with E-state index >= 15 is 0 Å². The normalized spacial score (nSPS) is 11.7. The van der Waals surface area contributed by atoms with E-state index in [1.54, 1.807) is 0 Å². The van der Waals surface area contributed by atoms with Crippen LogP contribution in [0, 0.1) is 49.4 Å². The van der Waals surface area contributed by atoms with Crippen LogP contribution in [-0.4, -0.2) is 24.6 Å². The summed E-state index contributed by atoms with van der Waals surface area (Å²) < 4.78 is 0. The SMILES string of the molecule is [Au+].[Au+].[Au+].[Au+].[C-]#Cc1ccc2c(c1)C(c1ccccc1)(c1ccccc1)c1cc(C#[C-])ccc1-2.[C-]#Cc1ccc2c(c1)C(c1ccccc1)(c1ccccc1)c1cc(C#[C-])ccc1-2.c1ccc([PH+](CC[PH+](c2ccccc2)c2ccccc2)c2ccccc2)cc1.c1ccc([PH+](CC[PH+](c2ccccc2)c2ccccc2)c2ccccc2)cc1. The minimum absolute atomic E-state index is 0. The Bertz CT molecular complexity index is 5120. The third-order valence-corrected chi connectivity index (χ3v) is 34.1. The molecular formula is C110H84Au4P4+4. The molecule has 18 rings (SSSR count). The predicted octanol–water partition coefficient (Wildman–Crippen LogP) is 21.3. The summed E-state index contributed by atoms with van der Waals surface area (Å²) in [6.45, 7) is 0. The molecule has 0 aliphatic heterocycles. The van der Waals surface area contributed by atoms with Crippen molar-refractivity contribution in [3.8, 4) is 45.9 Å². The average molecular weight is 2320 g/mol. The number of rotatable bonds is 18. The minimum Gasteiger partial charge on any atom is -0.366 e. The largest absolute Gasteiger partial charge is 1.00 e. The second-order valence-corrected chi connectivity index (χ2v) is 38.8. The molecule has 0 saturated heterocycles. The topological polar surface area (TPSA) is 0 Å². The standard InChI is InChI=1S/2C29H16.2C26H24P2.4Au/c2*1-3-21-15-17-25-26-18-16-22(4-2)20-28(26)29(27(25)19-21,23-11-7-5-8-12-23)24-13-9-6-10-14-24;2*1-5-13-23(14-6-1)27(24-15-7-2-8-16-24)21-22-28(25-17-9-3-10-18-25)26-19-11-4-12-20-26;;;;/h2*5-20H;2*1-20H,21-22H2;;;;/q2*-2;;;4*+1/p+4. The minimum atomic E-state index is -0.783. The van der Waals surface area contributed by atoms with Crippen LogP contribution < -0.4 is 42.4 Å². The maximum atomic E-state index is 7.69. The first kappa shape index (κ1) is 89.2. The van der Waals surface area contributed by atoms with E-state index in [-0.39, 0.29) is 89.5 Å². The van der Waals surface area contributed by atoms with Crippen LogP contribution in [0.3, 0.4) is 0 Å². The Morgan fingerprint density at radius 3 is 0.449 bits per heavy atom. The van der Waals surface area contributed by atoms with Gasteiger partial charge >= 0.3 is 89.5 Å². The Balaban J connectivity index is 0.000000153. The molecule has 0 radical (unpaired) electrons. The number of hydrogen-bond acceptors (Lipinski definition) is 0. The first-order chi connectivity index (χ1) is 56.4. The Morgan fingerprint density at radius 1 is 0.178 bits per heavy atom. The van der Waals surface area contributed by atoms with Gasteiger partial charge in [0.05, 0.1) is 85.0 Å². The maximum Gasteiger partial charge on any atom is 1.00 e. The van der Waals surface area contributed by atoms with Gasteiger partial charge in [-0.2, -0.15) is 0 Å². The van der Waals surface area contributed by atoms with Crippen molar-refractivity contribution in [1.82, 2.24) is 0 Å². The third-order valence-electron chi connectivity index (χ3n) is 21.9. The molecule has 0 aromatic heterocycles. The van der Waals surface area contributed by atoms with Gasteiger partial charge in [-0.1, -0.05) is 291 Å². The van der Waals surface area contributed by atoms with Gasteiger partial charge in [-0.3, -0.25) is 23.7 Å². The zero-order chi connectivity index (χ0) is 77.7. The number of hydrogen-bond donors (Lipinski definition) is 0. The van der Waals surface area contributed by atoms with Crippen LogP contribution in [0.2, 0.25) is 0 Å². The molecule has 0 unspecified atom stereocenters. The molecule has 0 atom stereocenters. The molecule has 0 N–H and O–H groups in total. The average Bonchev–Trinajstić information content (AvgIpc) is 1.54. The molecule has 2 aliphatic carbocycles. The van der Waals surface area contributed by atoms with E-state index in [4.69, 9.17) is 25.7 Å². The van der Waals surface area contributed by atoms with Gasteiger partial charge in [0.15, 0.2) is 0 Å². The van der Waals surface area contributed by atoms with Gasteiger partial charge in [-0.05, 0) is 164 Å². The van der Waals surface area contributed by atoms with Crippen LogP contribution in [0.5, 0.6) is 0 Å². The summed E-state index contributed by atoms with van der Waals surface area (Å²) >= 11 is 0. The van der Waals surface area contributed by atoms with Crippen molar-refractivity contribution in [2.45, 2.75) is 10.8 Å². The van der Waals surface area contributed by atoms with E-state index in [9.17, 15) is 0 Å². The van der Waals surface area contributed by atoms with Gasteiger partial charge in [-0.25, -0.2) is 0 Å². The zero-order valence-corrected chi connectivity index (χ0v) is 77.3. The Labute approximate surface area is 766 Å². The van der Waals surface area contributed by atoms with Crippen molar-refractivity contribution in [3.05, 3.63) is 529 Å². The van der Waals surface area contributed by atoms with Crippen LogP contribution >= 0.6 is 31.7 Å². The van der Waals surface area contributed by atoms with Gasteiger partial charge in [0.2, 0.25) is 0 Å². The fourth-order valence-electron chi connectivity index (χ4n) is 16.7. The molecule has 0 spiro atoms. The molecule has 0 bridgehead atoms. The number of fused-ring (bicyclic) bond motifs is 6. The van der Waals surface area contributed by atoms with Crippen LogP contribution in [-0.2, 0) is 100 Å². The maximum absolute atomic E-state index is 7.69. The van der Waals surface area contributed by atoms with Crippen LogP contribution in [0.1, 0.15) is 66.8 Å². The fraction of sp³-hybridized carbons (Fsp3) is 0.0545. The van der Waals surface area contributed by atoms with Crippen LogP contribution in [0.25, 0.3) is 22.3 Å². The van der Waals surface area contributed by atoms with E-state index in [2.05, 4.69) is 412 Å². The molecule has 16 aromatic carbocycles. The molecule has 0 amide bonds.